The largest absolute Gasteiger partial charge is 0.362 e. The van der Waals surface area contributed by atoms with Gasteiger partial charge in [-0.2, -0.15) is 0 Å². The lowest BCUT2D eigenvalue weighted by molar-refractivity contribution is -0.148. The molecule has 122 valence electrons. The van der Waals surface area contributed by atoms with Crippen molar-refractivity contribution in [1.29, 1.82) is 0 Å². The number of piperidine rings is 1. The van der Waals surface area contributed by atoms with Crippen LogP contribution in [-0.4, -0.2) is 54.6 Å². The summed E-state index contributed by atoms with van der Waals surface area (Å²) in [6, 6.07) is 4.44. The Balaban J connectivity index is 1.52. The minimum Gasteiger partial charge on any atom is -0.362 e. The molecule has 0 radical (unpaired) electrons. The minimum atomic E-state index is -0.221. The predicted molar refractivity (Wildman–Crippen MR) is 89.1 cm³/mol. The third-order valence-corrected chi connectivity index (χ3v) is 5.90. The van der Waals surface area contributed by atoms with Gasteiger partial charge in [-0.15, -0.1) is 11.3 Å². The first-order valence-corrected chi connectivity index (χ1v) is 8.96. The molecule has 22 heavy (non-hydrogen) atoms. The van der Waals surface area contributed by atoms with Gasteiger partial charge in [0.15, 0.2) is 0 Å². The maximum atomic E-state index is 12.1. The van der Waals surface area contributed by atoms with Crippen molar-refractivity contribution in [3.05, 3.63) is 21.9 Å². The number of nitrogens with zero attached hydrogens (tertiary/aromatic N) is 2. The van der Waals surface area contributed by atoms with E-state index in [1.165, 1.54) is 9.75 Å². The first-order chi connectivity index (χ1) is 10.5. The molecule has 0 saturated carbocycles. The SMILES string of the molecule is Cc1ccc(CN2CCC3(CCC(C(=O)N(C)C)O3)CC2)s1. The van der Waals surface area contributed by atoms with Crippen LogP contribution < -0.4 is 0 Å². The molecule has 1 aromatic rings. The van der Waals surface area contributed by atoms with Crippen LogP contribution >= 0.6 is 11.3 Å². The van der Waals surface area contributed by atoms with E-state index in [1.807, 2.05) is 25.4 Å². The summed E-state index contributed by atoms with van der Waals surface area (Å²) in [7, 11) is 3.62. The topological polar surface area (TPSA) is 32.8 Å². The molecular formula is C17H26N2O2S. The van der Waals surface area contributed by atoms with Gasteiger partial charge in [0.05, 0.1) is 5.60 Å². The second kappa shape index (κ2) is 6.30. The number of likely N-dealkylation sites (N-methyl/N-ethyl adjacent to an activating group) is 1. The Hall–Kier alpha value is -0.910. The minimum absolute atomic E-state index is 0.0434. The summed E-state index contributed by atoms with van der Waals surface area (Å²) in [4.78, 5) is 19.1. The van der Waals surface area contributed by atoms with Crippen molar-refractivity contribution in [3.8, 4) is 0 Å². The number of carbonyl (C=O) groups excluding carboxylic acids is 1. The Labute approximate surface area is 137 Å². The van der Waals surface area contributed by atoms with Crippen LogP contribution in [0.15, 0.2) is 12.1 Å². The van der Waals surface area contributed by atoms with Crippen LogP contribution in [0.2, 0.25) is 0 Å². The maximum absolute atomic E-state index is 12.1. The van der Waals surface area contributed by atoms with Crippen LogP contribution in [0, 0.1) is 6.92 Å². The maximum Gasteiger partial charge on any atom is 0.251 e. The van der Waals surface area contributed by atoms with Gasteiger partial charge in [-0.05, 0) is 44.7 Å². The zero-order chi connectivity index (χ0) is 15.7. The normalized spacial score (nSPS) is 24.8. The standard InChI is InChI=1S/C17H26N2O2S/c1-13-4-5-14(22-13)12-19-10-8-17(9-11-19)7-6-15(21-17)16(20)18(2)3/h4-5,15H,6-12H2,1-3H3. The summed E-state index contributed by atoms with van der Waals surface area (Å²) in [5.41, 5.74) is -0.0434. The van der Waals surface area contributed by atoms with E-state index in [1.54, 1.807) is 4.90 Å². The number of likely N-dealkylation sites (tertiary alicyclic amines) is 1. The molecule has 0 bridgehead atoms. The highest BCUT2D eigenvalue weighted by molar-refractivity contribution is 7.11. The highest BCUT2D eigenvalue weighted by Gasteiger charge is 2.44. The summed E-state index contributed by atoms with van der Waals surface area (Å²) in [6.45, 7) is 5.35. The fraction of sp³-hybridized carbons (Fsp3) is 0.706. The van der Waals surface area contributed by atoms with Gasteiger partial charge in [-0.25, -0.2) is 0 Å². The van der Waals surface area contributed by atoms with Gasteiger partial charge in [-0.1, -0.05) is 0 Å². The molecule has 0 N–H and O–H groups in total. The third-order valence-electron chi connectivity index (χ3n) is 4.91. The number of thiophene rings is 1. The average molecular weight is 322 g/mol. The van der Waals surface area contributed by atoms with Crippen LogP contribution in [0.3, 0.4) is 0 Å². The van der Waals surface area contributed by atoms with Crippen molar-refractivity contribution in [2.45, 2.75) is 50.9 Å². The van der Waals surface area contributed by atoms with Crippen LogP contribution in [-0.2, 0) is 16.1 Å². The Kier molecular flexibility index (Phi) is 4.57. The summed E-state index contributed by atoms with van der Waals surface area (Å²) >= 11 is 1.89. The summed E-state index contributed by atoms with van der Waals surface area (Å²) < 4.78 is 6.20. The van der Waals surface area contributed by atoms with Crippen molar-refractivity contribution in [3.63, 3.8) is 0 Å². The Morgan fingerprint density at radius 3 is 2.68 bits per heavy atom. The number of hydrogen-bond acceptors (Lipinski definition) is 4. The third kappa shape index (κ3) is 3.36. The lowest BCUT2D eigenvalue weighted by Gasteiger charge is -2.39. The van der Waals surface area contributed by atoms with E-state index in [9.17, 15) is 4.79 Å². The second-order valence-corrected chi connectivity index (χ2v) is 8.22. The molecule has 5 heteroatoms. The molecule has 0 aromatic carbocycles. The van der Waals surface area contributed by atoms with Crippen molar-refractivity contribution in [2.24, 2.45) is 0 Å². The van der Waals surface area contributed by atoms with E-state index in [4.69, 9.17) is 4.74 Å². The number of rotatable bonds is 3. The van der Waals surface area contributed by atoms with E-state index in [2.05, 4.69) is 24.0 Å². The molecule has 3 rings (SSSR count). The lowest BCUT2D eigenvalue weighted by Crippen LogP contribution is -2.45. The van der Waals surface area contributed by atoms with Gasteiger partial charge in [0, 0.05) is 43.5 Å². The Bertz CT molecular complexity index is 533. The smallest absolute Gasteiger partial charge is 0.251 e. The van der Waals surface area contributed by atoms with Crippen molar-refractivity contribution < 1.29 is 9.53 Å². The molecule has 1 amide bonds. The van der Waals surface area contributed by atoms with Crippen LogP contribution in [0.4, 0.5) is 0 Å². The summed E-state index contributed by atoms with van der Waals surface area (Å²) in [6.07, 6.45) is 3.79. The molecule has 4 nitrogen and oxygen atoms in total. The molecule has 1 spiro atoms. The van der Waals surface area contributed by atoms with Crippen LogP contribution in [0.1, 0.15) is 35.4 Å². The molecule has 1 atom stereocenters. The number of ether oxygens (including phenoxy) is 1. The molecule has 0 aliphatic carbocycles. The first kappa shape index (κ1) is 16.0. The van der Waals surface area contributed by atoms with Crippen molar-refractivity contribution >= 4 is 17.2 Å². The zero-order valence-corrected chi connectivity index (χ0v) is 14.6. The number of amides is 1. The van der Waals surface area contributed by atoms with E-state index in [0.29, 0.717) is 0 Å². The molecule has 2 fully saturated rings. The average Bonchev–Trinajstić information content (AvgIpc) is 3.08. The quantitative estimate of drug-likeness (QED) is 0.858. The van der Waals surface area contributed by atoms with Gasteiger partial charge in [-0.3, -0.25) is 9.69 Å². The fourth-order valence-electron chi connectivity index (χ4n) is 3.55. The Morgan fingerprint density at radius 2 is 2.09 bits per heavy atom. The Morgan fingerprint density at radius 1 is 1.36 bits per heavy atom. The van der Waals surface area contributed by atoms with E-state index in [0.717, 1.165) is 45.3 Å². The fourth-order valence-corrected chi connectivity index (χ4v) is 4.49. The zero-order valence-electron chi connectivity index (χ0n) is 13.8. The van der Waals surface area contributed by atoms with Gasteiger partial charge in [0.2, 0.25) is 0 Å². The number of hydrogen-bond donors (Lipinski definition) is 0. The molecule has 1 aromatic heterocycles. The van der Waals surface area contributed by atoms with Crippen molar-refractivity contribution in [2.75, 3.05) is 27.2 Å². The molecule has 2 saturated heterocycles. The van der Waals surface area contributed by atoms with Gasteiger partial charge < -0.3 is 9.64 Å². The van der Waals surface area contributed by atoms with Gasteiger partial charge in [0.1, 0.15) is 6.10 Å². The van der Waals surface area contributed by atoms with Gasteiger partial charge in [0.25, 0.3) is 5.91 Å². The second-order valence-electron chi connectivity index (χ2n) is 6.85. The highest BCUT2D eigenvalue weighted by Crippen LogP contribution is 2.39. The molecule has 3 heterocycles. The van der Waals surface area contributed by atoms with E-state index in [-0.39, 0.29) is 17.6 Å². The number of aryl methyl sites for hydroxylation is 1. The van der Waals surface area contributed by atoms with Crippen LogP contribution in [0.25, 0.3) is 0 Å². The van der Waals surface area contributed by atoms with Crippen LogP contribution in [0.5, 0.6) is 0 Å². The highest BCUT2D eigenvalue weighted by atomic mass is 32.1. The van der Waals surface area contributed by atoms with E-state index >= 15 is 0 Å². The van der Waals surface area contributed by atoms with Gasteiger partial charge >= 0.3 is 0 Å². The monoisotopic (exact) mass is 322 g/mol. The molecule has 1 unspecified atom stereocenters. The van der Waals surface area contributed by atoms with E-state index < -0.39 is 0 Å². The molecule has 2 aliphatic heterocycles. The summed E-state index contributed by atoms with van der Waals surface area (Å²) in [5, 5.41) is 0. The molecule has 2 aliphatic rings. The molecular weight excluding hydrogens is 296 g/mol. The first-order valence-electron chi connectivity index (χ1n) is 8.14. The number of carbonyl (C=O) groups is 1. The summed E-state index contributed by atoms with van der Waals surface area (Å²) in [5.74, 6) is 0.119. The predicted octanol–water partition coefficient (Wildman–Crippen LogP) is 2.66. The lowest BCUT2D eigenvalue weighted by atomic mass is 9.88. The van der Waals surface area contributed by atoms with Crippen molar-refractivity contribution in [1.82, 2.24) is 9.80 Å².